The number of carbonyl (C=O) groups is 1. The second-order valence-electron chi connectivity index (χ2n) is 5.34. The minimum Gasteiger partial charge on any atom is -0.423 e. The molecule has 0 aliphatic heterocycles. The molecule has 112 valence electrons. The highest BCUT2D eigenvalue weighted by Gasteiger charge is 2.11. The quantitative estimate of drug-likeness (QED) is 0.550. The molecular weight excluding hydrogens is 278 g/mol. The van der Waals surface area contributed by atoms with Gasteiger partial charge in [0.05, 0.1) is 22.9 Å². The average Bonchev–Trinajstić information content (AvgIpc) is 2.88. The second kappa shape index (κ2) is 5.52. The van der Waals surface area contributed by atoms with Crippen LogP contribution in [-0.4, -0.2) is 29.6 Å². The van der Waals surface area contributed by atoms with Crippen LogP contribution < -0.4 is 9.64 Å². The minimum atomic E-state index is -0.376. The smallest absolute Gasteiger partial charge is 0.343 e. The van der Waals surface area contributed by atoms with Crippen LogP contribution in [0.25, 0.3) is 11.0 Å². The van der Waals surface area contributed by atoms with E-state index in [-0.39, 0.29) is 5.97 Å². The van der Waals surface area contributed by atoms with Crippen LogP contribution in [0.5, 0.6) is 5.75 Å². The number of ether oxygens (including phenoxy) is 1. The summed E-state index contributed by atoms with van der Waals surface area (Å²) < 4.78 is 7.36. The van der Waals surface area contributed by atoms with Gasteiger partial charge in [-0.25, -0.2) is 9.78 Å². The zero-order valence-corrected chi connectivity index (χ0v) is 12.8. The van der Waals surface area contributed by atoms with Crippen LogP contribution in [0, 0.1) is 0 Å². The molecule has 0 atom stereocenters. The summed E-state index contributed by atoms with van der Waals surface area (Å²) in [5, 5.41) is 0. The molecule has 0 saturated heterocycles. The number of anilines is 1. The van der Waals surface area contributed by atoms with E-state index in [0.717, 1.165) is 16.7 Å². The molecule has 3 aromatic rings. The maximum absolute atomic E-state index is 12.3. The fourth-order valence-electron chi connectivity index (χ4n) is 2.26. The van der Waals surface area contributed by atoms with Gasteiger partial charge in [-0.1, -0.05) is 6.07 Å². The number of nitrogens with zero attached hydrogens (tertiary/aromatic N) is 3. The topological polar surface area (TPSA) is 47.4 Å². The molecule has 0 bridgehead atoms. The Labute approximate surface area is 128 Å². The predicted octanol–water partition coefficient (Wildman–Crippen LogP) is 2.86. The van der Waals surface area contributed by atoms with Gasteiger partial charge < -0.3 is 14.2 Å². The summed E-state index contributed by atoms with van der Waals surface area (Å²) in [6.45, 7) is 0. The third kappa shape index (κ3) is 2.65. The molecule has 1 heterocycles. The lowest BCUT2D eigenvalue weighted by Crippen LogP contribution is -2.12. The first-order valence-electron chi connectivity index (χ1n) is 6.95. The zero-order chi connectivity index (χ0) is 15.7. The lowest BCUT2D eigenvalue weighted by Gasteiger charge is -2.13. The van der Waals surface area contributed by atoms with E-state index in [1.54, 1.807) is 24.5 Å². The number of rotatable bonds is 3. The number of imidazole rings is 1. The van der Waals surface area contributed by atoms with E-state index in [1.807, 2.05) is 54.9 Å². The van der Waals surface area contributed by atoms with Crippen LogP contribution in [0.15, 0.2) is 48.8 Å². The highest BCUT2D eigenvalue weighted by Crippen LogP contribution is 2.21. The highest BCUT2D eigenvalue weighted by molar-refractivity contribution is 5.92. The van der Waals surface area contributed by atoms with Gasteiger partial charge in [-0.15, -0.1) is 0 Å². The highest BCUT2D eigenvalue weighted by atomic mass is 16.5. The molecule has 0 fully saturated rings. The maximum atomic E-state index is 12.3. The molecule has 3 rings (SSSR count). The molecule has 0 amide bonds. The Morgan fingerprint density at radius 2 is 2.00 bits per heavy atom. The van der Waals surface area contributed by atoms with Gasteiger partial charge >= 0.3 is 5.97 Å². The molecule has 22 heavy (non-hydrogen) atoms. The summed E-state index contributed by atoms with van der Waals surface area (Å²) in [6, 6.07) is 12.8. The van der Waals surface area contributed by atoms with Crippen molar-refractivity contribution in [1.82, 2.24) is 9.55 Å². The van der Waals surface area contributed by atoms with Crippen molar-refractivity contribution in [2.45, 2.75) is 0 Å². The Morgan fingerprint density at radius 3 is 2.77 bits per heavy atom. The Morgan fingerprint density at radius 1 is 1.18 bits per heavy atom. The van der Waals surface area contributed by atoms with Gasteiger partial charge in [0.25, 0.3) is 0 Å². The monoisotopic (exact) mass is 295 g/mol. The standard InChI is InChI=1S/C17H17N3O2/c1-19(2)13-6-4-5-12(9-13)17(21)22-14-7-8-16-15(10-14)18-11-20(16)3/h4-11H,1-3H3. The van der Waals surface area contributed by atoms with E-state index in [2.05, 4.69) is 4.98 Å². The summed E-state index contributed by atoms with van der Waals surface area (Å²) in [5.74, 6) is 0.116. The number of hydrogen-bond acceptors (Lipinski definition) is 4. The number of benzene rings is 2. The van der Waals surface area contributed by atoms with Crippen molar-refractivity contribution in [2.75, 3.05) is 19.0 Å². The van der Waals surface area contributed by atoms with Crippen molar-refractivity contribution in [3.05, 3.63) is 54.4 Å². The van der Waals surface area contributed by atoms with Crippen molar-refractivity contribution >= 4 is 22.7 Å². The number of fused-ring (bicyclic) bond motifs is 1. The van der Waals surface area contributed by atoms with E-state index in [1.165, 1.54) is 0 Å². The van der Waals surface area contributed by atoms with Gasteiger partial charge in [0.15, 0.2) is 0 Å². The van der Waals surface area contributed by atoms with Gasteiger partial charge in [-0.2, -0.15) is 0 Å². The van der Waals surface area contributed by atoms with E-state index >= 15 is 0 Å². The summed E-state index contributed by atoms with van der Waals surface area (Å²) in [5.41, 5.74) is 3.27. The Hall–Kier alpha value is -2.82. The molecule has 2 aromatic carbocycles. The van der Waals surface area contributed by atoms with E-state index in [9.17, 15) is 4.79 Å². The third-order valence-electron chi connectivity index (χ3n) is 3.51. The molecule has 5 nitrogen and oxygen atoms in total. The SMILES string of the molecule is CN(C)c1cccc(C(=O)Oc2ccc3c(c2)ncn3C)c1. The van der Waals surface area contributed by atoms with E-state index < -0.39 is 0 Å². The van der Waals surface area contributed by atoms with Gasteiger partial charge in [-0.3, -0.25) is 0 Å². The first kappa shape index (κ1) is 14.1. The number of esters is 1. The van der Waals surface area contributed by atoms with Gasteiger partial charge in [0.2, 0.25) is 0 Å². The molecule has 0 radical (unpaired) electrons. The van der Waals surface area contributed by atoms with Crippen LogP contribution in [-0.2, 0) is 7.05 Å². The van der Waals surface area contributed by atoms with Gasteiger partial charge in [0.1, 0.15) is 5.75 Å². The van der Waals surface area contributed by atoms with E-state index in [4.69, 9.17) is 4.74 Å². The third-order valence-corrected chi connectivity index (χ3v) is 3.51. The van der Waals surface area contributed by atoms with Crippen molar-refractivity contribution < 1.29 is 9.53 Å². The largest absolute Gasteiger partial charge is 0.423 e. The van der Waals surface area contributed by atoms with Crippen molar-refractivity contribution in [3.63, 3.8) is 0 Å². The van der Waals surface area contributed by atoms with Crippen LogP contribution in [0.1, 0.15) is 10.4 Å². The minimum absolute atomic E-state index is 0.376. The Bertz CT molecular complexity index is 837. The van der Waals surface area contributed by atoms with Crippen LogP contribution in [0.3, 0.4) is 0 Å². The fourth-order valence-corrected chi connectivity index (χ4v) is 2.26. The maximum Gasteiger partial charge on any atom is 0.343 e. The lowest BCUT2D eigenvalue weighted by atomic mass is 10.2. The molecule has 0 saturated carbocycles. The van der Waals surface area contributed by atoms with Crippen molar-refractivity contribution in [3.8, 4) is 5.75 Å². The molecule has 0 N–H and O–H groups in total. The van der Waals surface area contributed by atoms with Crippen LogP contribution in [0.4, 0.5) is 5.69 Å². The normalized spacial score (nSPS) is 10.7. The summed E-state index contributed by atoms with van der Waals surface area (Å²) in [4.78, 5) is 18.5. The average molecular weight is 295 g/mol. The number of hydrogen-bond donors (Lipinski definition) is 0. The van der Waals surface area contributed by atoms with E-state index in [0.29, 0.717) is 11.3 Å². The molecular formula is C17H17N3O2. The zero-order valence-electron chi connectivity index (χ0n) is 12.8. The number of aromatic nitrogens is 2. The number of carbonyl (C=O) groups excluding carboxylic acids is 1. The molecule has 0 spiro atoms. The molecule has 0 aliphatic carbocycles. The lowest BCUT2D eigenvalue weighted by molar-refractivity contribution is 0.0735. The van der Waals surface area contributed by atoms with Gasteiger partial charge in [0, 0.05) is 32.9 Å². The molecule has 1 aromatic heterocycles. The van der Waals surface area contributed by atoms with Crippen LogP contribution >= 0.6 is 0 Å². The summed E-state index contributed by atoms with van der Waals surface area (Å²) >= 11 is 0. The summed E-state index contributed by atoms with van der Waals surface area (Å²) in [6.07, 6.45) is 1.73. The Kier molecular flexibility index (Phi) is 3.55. The fraction of sp³-hybridized carbons (Fsp3) is 0.176. The van der Waals surface area contributed by atoms with Crippen molar-refractivity contribution in [1.29, 1.82) is 0 Å². The molecule has 0 unspecified atom stereocenters. The number of aryl methyl sites for hydroxylation is 1. The molecule has 0 aliphatic rings. The van der Waals surface area contributed by atoms with Crippen LogP contribution in [0.2, 0.25) is 0 Å². The first-order chi connectivity index (χ1) is 10.5. The Balaban J connectivity index is 1.84. The second-order valence-corrected chi connectivity index (χ2v) is 5.34. The molecule has 5 heteroatoms. The predicted molar refractivity (Wildman–Crippen MR) is 86.4 cm³/mol. The first-order valence-corrected chi connectivity index (χ1v) is 6.95. The summed E-state index contributed by atoms with van der Waals surface area (Å²) in [7, 11) is 5.78. The van der Waals surface area contributed by atoms with Crippen molar-refractivity contribution in [2.24, 2.45) is 7.05 Å². The van der Waals surface area contributed by atoms with Gasteiger partial charge in [-0.05, 0) is 30.3 Å².